The summed E-state index contributed by atoms with van der Waals surface area (Å²) in [4.78, 5) is 2.33. The van der Waals surface area contributed by atoms with Gasteiger partial charge in [0.2, 0.25) is 0 Å². The van der Waals surface area contributed by atoms with Crippen molar-refractivity contribution in [2.75, 3.05) is 7.05 Å². The van der Waals surface area contributed by atoms with Crippen molar-refractivity contribution in [2.45, 2.75) is 25.9 Å². The zero-order valence-electron chi connectivity index (χ0n) is 4.60. The average molecular weight is 85.2 g/mol. The summed E-state index contributed by atoms with van der Waals surface area (Å²) in [7, 11) is 2.15. The maximum absolute atomic E-state index is 2.33. The average Bonchev–Trinajstić information content (AvgIpc) is 1.94. The van der Waals surface area contributed by atoms with Crippen molar-refractivity contribution in [3.05, 3.63) is 0 Å². The molecule has 6 heavy (non-hydrogen) atoms. The molecule has 0 spiro atoms. The van der Waals surface area contributed by atoms with Gasteiger partial charge in [-0.25, -0.2) is 0 Å². The fourth-order valence-corrected chi connectivity index (χ4v) is 0.686. The Labute approximate surface area is 39.0 Å². The molecule has 1 fully saturated rings. The first-order valence-electron chi connectivity index (χ1n) is 2.45. The number of likely N-dealkylation sites (N-methyl/N-ethyl adjacent to an activating group) is 1. The van der Waals surface area contributed by atoms with Crippen molar-refractivity contribution < 1.29 is 0 Å². The molecule has 0 aromatic rings. The Morgan fingerprint density at radius 1 is 1.17 bits per heavy atom. The lowest BCUT2D eigenvalue weighted by Crippen LogP contribution is -1.85. The first-order chi connectivity index (χ1) is 2.73. The minimum absolute atomic E-state index is 0.852. The second-order valence-electron chi connectivity index (χ2n) is 2.15. The summed E-state index contributed by atoms with van der Waals surface area (Å²) >= 11 is 0. The van der Waals surface area contributed by atoms with Gasteiger partial charge in [-0.05, 0) is 20.9 Å². The molecule has 2 atom stereocenters. The van der Waals surface area contributed by atoms with Crippen LogP contribution >= 0.6 is 0 Å². The third kappa shape index (κ3) is 0.350. The van der Waals surface area contributed by atoms with Crippen molar-refractivity contribution in [1.29, 1.82) is 0 Å². The van der Waals surface area contributed by atoms with E-state index in [4.69, 9.17) is 0 Å². The summed E-state index contributed by atoms with van der Waals surface area (Å²) in [5.74, 6) is 0. The van der Waals surface area contributed by atoms with E-state index in [1.165, 1.54) is 0 Å². The highest BCUT2D eigenvalue weighted by atomic mass is 15.3. The van der Waals surface area contributed by atoms with Crippen LogP contribution in [-0.4, -0.2) is 24.0 Å². The van der Waals surface area contributed by atoms with E-state index in [2.05, 4.69) is 25.8 Å². The Morgan fingerprint density at radius 3 is 1.33 bits per heavy atom. The molecule has 0 radical (unpaired) electrons. The van der Waals surface area contributed by atoms with Crippen molar-refractivity contribution in [3.8, 4) is 0 Å². The quantitative estimate of drug-likeness (QED) is 0.391. The minimum atomic E-state index is 0.852. The van der Waals surface area contributed by atoms with Crippen molar-refractivity contribution in [3.63, 3.8) is 0 Å². The van der Waals surface area contributed by atoms with Crippen molar-refractivity contribution in [2.24, 2.45) is 0 Å². The first kappa shape index (κ1) is 4.13. The summed E-state index contributed by atoms with van der Waals surface area (Å²) in [6, 6.07) is 1.70. The Hall–Kier alpha value is -0.0400. The Bertz CT molecular complexity index is 40.7. The van der Waals surface area contributed by atoms with Crippen LogP contribution in [-0.2, 0) is 0 Å². The molecule has 1 rings (SSSR count). The summed E-state index contributed by atoms with van der Waals surface area (Å²) in [6.45, 7) is 4.48. The van der Waals surface area contributed by atoms with Gasteiger partial charge in [0.15, 0.2) is 0 Å². The SMILES string of the molecule is C[C@@H]1[C@@H](C)N1C. The van der Waals surface area contributed by atoms with E-state index in [-0.39, 0.29) is 0 Å². The number of hydrogen-bond donors (Lipinski definition) is 0. The van der Waals surface area contributed by atoms with Gasteiger partial charge >= 0.3 is 0 Å². The van der Waals surface area contributed by atoms with Gasteiger partial charge in [-0.1, -0.05) is 0 Å². The normalized spacial score (nSPS) is 55.5. The summed E-state index contributed by atoms with van der Waals surface area (Å²) in [5.41, 5.74) is 0. The molecule has 0 unspecified atom stereocenters. The van der Waals surface area contributed by atoms with Crippen LogP contribution in [0.2, 0.25) is 0 Å². The number of nitrogens with zero attached hydrogens (tertiary/aromatic N) is 1. The van der Waals surface area contributed by atoms with E-state index in [0.29, 0.717) is 0 Å². The zero-order chi connectivity index (χ0) is 4.73. The van der Waals surface area contributed by atoms with Crippen LogP contribution in [0.3, 0.4) is 0 Å². The van der Waals surface area contributed by atoms with Crippen molar-refractivity contribution in [1.82, 2.24) is 4.90 Å². The van der Waals surface area contributed by atoms with E-state index in [0.717, 1.165) is 12.1 Å². The van der Waals surface area contributed by atoms with Crippen LogP contribution < -0.4 is 0 Å². The lowest BCUT2D eigenvalue weighted by Gasteiger charge is -1.77. The molecule has 36 valence electrons. The van der Waals surface area contributed by atoms with Gasteiger partial charge in [0.25, 0.3) is 0 Å². The summed E-state index contributed by atoms with van der Waals surface area (Å²) in [6.07, 6.45) is 0. The van der Waals surface area contributed by atoms with E-state index < -0.39 is 0 Å². The molecular formula is C5H11N. The predicted octanol–water partition coefficient (Wildman–Crippen LogP) is 0.709. The standard InChI is InChI=1S/C5H11N/c1-4-5(2)6(4)3/h4-5H,1-3H3/t4-,5-/m1/s1. The highest BCUT2D eigenvalue weighted by Crippen LogP contribution is 2.22. The number of rotatable bonds is 0. The molecule has 1 saturated heterocycles. The Balaban J connectivity index is 2.31. The minimum Gasteiger partial charge on any atom is -0.298 e. The van der Waals surface area contributed by atoms with Crippen molar-refractivity contribution >= 4 is 0 Å². The van der Waals surface area contributed by atoms with Crippen LogP contribution in [0.5, 0.6) is 0 Å². The zero-order valence-corrected chi connectivity index (χ0v) is 4.60. The molecule has 0 aromatic heterocycles. The van der Waals surface area contributed by atoms with E-state index in [1.54, 1.807) is 0 Å². The summed E-state index contributed by atoms with van der Waals surface area (Å²) in [5, 5.41) is 0. The molecule has 1 heterocycles. The van der Waals surface area contributed by atoms with Crippen LogP contribution in [0, 0.1) is 0 Å². The van der Waals surface area contributed by atoms with Gasteiger partial charge in [-0.3, -0.25) is 4.90 Å². The molecule has 0 aromatic carbocycles. The molecule has 0 bridgehead atoms. The second kappa shape index (κ2) is 0.969. The lowest BCUT2D eigenvalue weighted by atomic mass is 10.4. The topological polar surface area (TPSA) is 3.01 Å². The molecule has 1 heteroatoms. The fraction of sp³-hybridized carbons (Fsp3) is 1.00. The fourth-order valence-electron chi connectivity index (χ4n) is 0.686. The van der Waals surface area contributed by atoms with Gasteiger partial charge in [0.1, 0.15) is 0 Å². The molecule has 0 saturated carbocycles. The molecular weight excluding hydrogens is 74.1 g/mol. The van der Waals surface area contributed by atoms with Gasteiger partial charge in [0.05, 0.1) is 0 Å². The highest BCUT2D eigenvalue weighted by molar-refractivity contribution is 4.91. The molecule has 0 aliphatic carbocycles. The van der Waals surface area contributed by atoms with Crippen LogP contribution in [0.1, 0.15) is 13.8 Å². The second-order valence-corrected chi connectivity index (χ2v) is 2.15. The van der Waals surface area contributed by atoms with E-state index in [9.17, 15) is 0 Å². The molecule has 0 amide bonds. The van der Waals surface area contributed by atoms with Gasteiger partial charge in [-0.15, -0.1) is 0 Å². The maximum Gasteiger partial charge on any atom is 0.0221 e. The third-order valence-electron chi connectivity index (χ3n) is 1.89. The lowest BCUT2D eigenvalue weighted by molar-refractivity contribution is 0.605. The third-order valence-corrected chi connectivity index (χ3v) is 1.89. The molecule has 1 nitrogen and oxygen atoms in total. The first-order valence-corrected chi connectivity index (χ1v) is 2.45. The smallest absolute Gasteiger partial charge is 0.0221 e. The van der Waals surface area contributed by atoms with Crippen LogP contribution in [0.4, 0.5) is 0 Å². The van der Waals surface area contributed by atoms with Crippen LogP contribution in [0.25, 0.3) is 0 Å². The molecule has 1 aliphatic heterocycles. The Morgan fingerprint density at radius 2 is 1.33 bits per heavy atom. The van der Waals surface area contributed by atoms with Crippen LogP contribution in [0.15, 0.2) is 0 Å². The molecule has 1 aliphatic rings. The van der Waals surface area contributed by atoms with Gasteiger partial charge < -0.3 is 0 Å². The molecule has 0 N–H and O–H groups in total. The largest absolute Gasteiger partial charge is 0.298 e. The monoisotopic (exact) mass is 85.1 g/mol. The summed E-state index contributed by atoms with van der Waals surface area (Å²) < 4.78 is 0. The van der Waals surface area contributed by atoms with Gasteiger partial charge in [-0.2, -0.15) is 0 Å². The van der Waals surface area contributed by atoms with E-state index >= 15 is 0 Å². The number of hydrogen-bond acceptors (Lipinski definition) is 1. The Kier molecular flexibility index (Phi) is 0.667. The van der Waals surface area contributed by atoms with E-state index in [1.807, 2.05) is 0 Å². The highest BCUT2D eigenvalue weighted by Gasteiger charge is 2.34. The maximum atomic E-state index is 2.33. The van der Waals surface area contributed by atoms with Gasteiger partial charge in [0, 0.05) is 12.1 Å². The predicted molar refractivity (Wildman–Crippen MR) is 26.7 cm³/mol.